The number of primary amides is 1. The van der Waals surface area contributed by atoms with Crippen LogP contribution in [0, 0.1) is 13.8 Å². The molecule has 0 saturated carbocycles. The predicted molar refractivity (Wildman–Crippen MR) is 57.7 cm³/mol. The zero-order chi connectivity index (χ0) is 10.6. The third-order valence-electron chi connectivity index (χ3n) is 1.73. The molecule has 0 unspecified atom stereocenters. The predicted octanol–water partition coefficient (Wildman–Crippen LogP) is 0.840. The van der Waals surface area contributed by atoms with Gasteiger partial charge in [0.15, 0.2) is 5.13 Å². The Morgan fingerprint density at radius 2 is 2.21 bits per heavy atom. The summed E-state index contributed by atoms with van der Waals surface area (Å²) in [4.78, 5) is 15.8. The van der Waals surface area contributed by atoms with Crippen molar-refractivity contribution in [3.8, 4) is 0 Å². The molecular formula is C8H14N4OS. The van der Waals surface area contributed by atoms with Gasteiger partial charge in [-0.3, -0.25) is 0 Å². The van der Waals surface area contributed by atoms with Crippen LogP contribution in [-0.4, -0.2) is 24.1 Å². The van der Waals surface area contributed by atoms with Gasteiger partial charge in [-0.25, -0.2) is 9.78 Å². The highest BCUT2D eigenvalue weighted by molar-refractivity contribution is 7.15. The third kappa shape index (κ3) is 3.21. The van der Waals surface area contributed by atoms with Crippen LogP contribution >= 0.6 is 11.3 Å². The second-order valence-electron chi connectivity index (χ2n) is 2.88. The SMILES string of the molecule is Cc1nc(NCCNC(N)=O)sc1C. The summed E-state index contributed by atoms with van der Waals surface area (Å²) in [6.45, 7) is 5.14. The van der Waals surface area contributed by atoms with Gasteiger partial charge in [0.1, 0.15) is 0 Å². The molecule has 0 aliphatic heterocycles. The van der Waals surface area contributed by atoms with Gasteiger partial charge in [-0.2, -0.15) is 0 Å². The molecule has 4 N–H and O–H groups in total. The van der Waals surface area contributed by atoms with E-state index in [-0.39, 0.29) is 0 Å². The molecule has 0 aliphatic rings. The third-order valence-corrected chi connectivity index (χ3v) is 2.76. The molecule has 1 heterocycles. The van der Waals surface area contributed by atoms with Crippen molar-refractivity contribution in [3.05, 3.63) is 10.6 Å². The quantitative estimate of drug-likeness (QED) is 0.650. The lowest BCUT2D eigenvalue weighted by atomic mass is 10.4. The Morgan fingerprint density at radius 1 is 1.50 bits per heavy atom. The number of aromatic nitrogens is 1. The Labute approximate surface area is 86.7 Å². The van der Waals surface area contributed by atoms with Gasteiger partial charge in [0, 0.05) is 18.0 Å². The Balaban J connectivity index is 2.28. The normalized spacial score (nSPS) is 9.86. The molecule has 0 bridgehead atoms. The van der Waals surface area contributed by atoms with E-state index in [1.54, 1.807) is 11.3 Å². The van der Waals surface area contributed by atoms with Crippen LogP contribution in [0.5, 0.6) is 0 Å². The fraction of sp³-hybridized carbons (Fsp3) is 0.500. The van der Waals surface area contributed by atoms with E-state index in [1.807, 2.05) is 13.8 Å². The summed E-state index contributed by atoms with van der Waals surface area (Å²) in [6.07, 6.45) is 0. The smallest absolute Gasteiger partial charge is 0.312 e. The Kier molecular flexibility index (Phi) is 3.70. The topological polar surface area (TPSA) is 80.0 Å². The van der Waals surface area contributed by atoms with E-state index in [1.165, 1.54) is 4.88 Å². The fourth-order valence-electron chi connectivity index (χ4n) is 0.903. The largest absolute Gasteiger partial charge is 0.360 e. The maximum absolute atomic E-state index is 10.3. The molecule has 0 atom stereocenters. The van der Waals surface area contributed by atoms with Crippen molar-refractivity contribution < 1.29 is 4.79 Å². The molecule has 0 aromatic carbocycles. The lowest BCUT2D eigenvalue weighted by molar-refractivity contribution is 0.249. The number of aryl methyl sites for hydroxylation is 2. The average molecular weight is 214 g/mol. The second-order valence-corrected chi connectivity index (χ2v) is 4.08. The molecule has 1 rings (SSSR count). The van der Waals surface area contributed by atoms with Crippen molar-refractivity contribution >= 4 is 22.5 Å². The Hall–Kier alpha value is -1.30. The standard InChI is InChI=1S/C8H14N4OS/c1-5-6(2)14-8(12-5)11-4-3-10-7(9)13/h3-4H2,1-2H3,(H,11,12)(H3,9,10,13). The van der Waals surface area contributed by atoms with Gasteiger partial charge in [-0.05, 0) is 13.8 Å². The number of nitrogens with one attached hydrogen (secondary N) is 2. The second kappa shape index (κ2) is 4.80. The number of nitrogens with zero attached hydrogens (tertiary/aromatic N) is 1. The van der Waals surface area contributed by atoms with Gasteiger partial charge in [0.2, 0.25) is 0 Å². The first-order valence-corrected chi connectivity index (χ1v) is 5.12. The first kappa shape index (κ1) is 10.8. The van der Waals surface area contributed by atoms with E-state index in [0.717, 1.165) is 10.8 Å². The number of nitrogens with two attached hydrogens (primary N) is 1. The van der Waals surface area contributed by atoms with Gasteiger partial charge in [0.05, 0.1) is 5.69 Å². The lowest BCUT2D eigenvalue weighted by Gasteiger charge is -2.02. The molecule has 78 valence electrons. The molecule has 0 radical (unpaired) electrons. The van der Waals surface area contributed by atoms with Crippen LogP contribution in [0.3, 0.4) is 0 Å². The van der Waals surface area contributed by atoms with Crippen molar-refractivity contribution in [1.29, 1.82) is 0 Å². The minimum atomic E-state index is -0.502. The number of carbonyl (C=O) groups excluding carboxylic acids is 1. The van der Waals surface area contributed by atoms with Gasteiger partial charge in [-0.15, -0.1) is 11.3 Å². The van der Waals surface area contributed by atoms with Crippen LogP contribution in [-0.2, 0) is 0 Å². The fourth-order valence-corrected chi connectivity index (χ4v) is 1.74. The minimum absolute atomic E-state index is 0.502. The van der Waals surface area contributed by atoms with Gasteiger partial charge >= 0.3 is 6.03 Å². The molecule has 6 heteroatoms. The average Bonchev–Trinajstić information content (AvgIpc) is 2.40. The van der Waals surface area contributed by atoms with Gasteiger partial charge in [0.25, 0.3) is 0 Å². The number of hydrogen-bond donors (Lipinski definition) is 3. The van der Waals surface area contributed by atoms with E-state index < -0.39 is 6.03 Å². The van der Waals surface area contributed by atoms with Crippen LogP contribution in [0.25, 0.3) is 0 Å². The molecule has 1 aromatic rings. The summed E-state index contributed by atoms with van der Waals surface area (Å²) < 4.78 is 0. The number of rotatable bonds is 4. The van der Waals surface area contributed by atoms with Gasteiger partial charge < -0.3 is 16.4 Å². The Morgan fingerprint density at radius 3 is 2.71 bits per heavy atom. The maximum Gasteiger partial charge on any atom is 0.312 e. The molecule has 0 saturated heterocycles. The van der Waals surface area contributed by atoms with E-state index in [9.17, 15) is 4.79 Å². The number of anilines is 1. The number of amides is 2. The molecule has 0 fully saturated rings. The summed E-state index contributed by atoms with van der Waals surface area (Å²) in [7, 11) is 0. The number of thiazole rings is 1. The highest BCUT2D eigenvalue weighted by atomic mass is 32.1. The summed E-state index contributed by atoms with van der Waals surface area (Å²) in [5.41, 5.74) is 5.95. The minimum Gasteiger partial charge on any atom is -0.360 e. The van der Waals surface area contributed by atoms with Crippen molar-refractivity contribution in [3.63, 3.8) is 0 Å². The summed E-state index contributed by atoms with van der Waals surface area (Å²) >= 11 is 1.61. The van der Waals surface area contributed by atoms with Crippen molar-refractivity contribution in [2.24, 2.45) is 5.73 Å². The number of hydrogen-bond acceptors (Lipinski definition) is 4. The summed E-state index contributed by atoms with van der Waals surface area (Å²) in [6, 6.07) is -0.502. The molecule has 5 nitrogen and oxygen atoms in total. The van der Waals surface area contributed by atoms with Crippen molar-refractivity contribution in [1.82, 2.24) is 10.3 Å². The number of urea groups is 1. The molecule has 1 aromatic heterocycles. The van der Waals surface area contributed by atoms with Crippen LogP contribution in [0.15, 0.2) is 0 Å². The van der Waals surface area contributed by atoms with E-state index in [2.05, 4.69) is 15.6 Å². The lowest BCUT2D eigenvalue weighted by Crippen LogP contribution is -2.33. The highest BCUT2D eigenvalue weighted by Crippen LogP contribution is 2.20. The van der Waals surface area contributed by atoms with Gasteiger partial charge in [-0.1, -0.05) is 0 Å². The summed E-state index contributed by atoms with van der Waals surface area (Å²) in [5, 5.41) is 6.47. The maximum atomic E-state index is 10.3. The van der Waals surface area contributed by atoms with E-state index in [0.29, 0.717) is 13.1 Å². The van der Waals surface area contributed by atoms with Crippen molar-refractivity contribution in [2.45, 2.75) is 13.8 Å². The van der Waals surface area contributed by atoms with E-state index >= 15 is 0 Å². The number of carbonyl (C=O) groups is 1. The summed E-state index contributed by atoms with van der Waals surface area (Å²) in [5.74, 6) is 0. The zero-order valence-electron chi connectivity index (χ0n) is 8.26. The molecule has 2 amide bonds. The monoisotopic (exact) mass is 214 g/mol. The first-order valence-electron chi connectivity index (χ1n) is 4.31. The molecule has 0 aliphatic carbocycles. The van der Waals surface area contributed by atoms with Crippen molar-refractivity contribution in [2.75, 3.05) is 18.4 Å². The van der Waals surface area contributed by atoms with E-state index in [4.69, 9.17) is 5.73 Å². The van der Waals surface area contributed by atoms with Crippen LogP contribution in [0.1, 0.15) is 10.6 Å². The zero-order valence-corrected chi connectivity index (χ0v) is 9.07. The Bertz CT molecular complexity index is 304. The molecule has 0 spiro atoms. The first-order chi connectivity index (χ1) is 6.59. The molecular weight excluding hydrogens is 200 g/mol. The molecule has 14 heavy (non-hydrogen) atoms. The highest BCUT2D eigenvalue weighted by Gasteiger charge is 2.01. The van der Waals surface area contributed by atoms with Crippen LogP contribution in [0.4, 0.5) is 9.93 Å². The van der Waals surface area contributed by atoms with Crippen LogP contribution < -0.4 is 16.4 Å². The van der Waals surface area contributed by atoms with Crippen LogP contribution in [0.2, 0.25) is 0 Å².